The Balaban J connectivity index is 1.84. The standard InChI is InChI=1S/C21H24N2O3S2/c1-12-16(25-13(2)24)8-7-14-15(17-6-5-9-28-17)10-21(26-18(12)14)11-20(3,4)22-19(27)23-21/h5-9,15H,10-11H2,1-4H3,(H2,22,23,27). The average Bonchev–Trinajstić information content (AvgIpc) is 3.09. The van der Waals surface area contributed by atoms with E-state index in [1.165, 1.54) is 11.8 Å². The van der Waals surface area contributed by atoms with Gasteiger partial charge in [-0.05, 0) is 50.5 Å². The van der Waals surface area contributed by atoms with Crippen molar-refractivity contribution in [1.29, 1.82) is 0 Å². The van der Waals surface area contributed by atoms with Gasteiger partial charge in [-0.15, -0.1) is 11.3 Å². The zero-order valence-corrected chi connectivity index (χ0v) is 18.1. The zero-order valence-electron chi connectivity index (χ0n) is 16.4. The number of thiophene rings is 1. The number of carbonyl (C=O) groups is 1. The maximum Gasteiger partial charge on any atom is 0.308 e. The summed E-state index contributed by atoms with van der Waals surface area (Å²) in [5.74, 6) is 1.14. The minimum Gasteiger partial charge on any atom is -0.467 e. The third-order valence-corrected chi connectivity index (χ3v) is 6.44. The second-order valence-corrected chi connectivity index (χ2v) is 9.60. The van der Waals surface area contributed by atoms with E-state index in [0.29, 0.717) is 10.9 Å². The van der Waals surface area contributed by atoms with Crippen LogP contribution in [0.2, 0.25) is 0 Å². The van der Waals surface area contributed by atoms with E-state index in [1.54, 1.807) is 11.3 Å². The van der Waals surface area contributed by atoms with Crippen LogP contribution < -0.4 is 20.1 Å². The van der Waals surface area contributed by atoms with Gasteiger partial charge in [-0.3, -0.25) is 4.79 Å². The predicted molar refractivity (Wildman–Crippen MR) is 114 cm³/mol. The molecule has 4 rings (SSSR count). The van der Waals surface area contributed by atoms with Gasteiger partial charge in [-0.1, -0.05) is 12.1 Å². The van der Waals surface area contributed by atoms with Gasteiger partial charge in [-0.2, -0.15) is 0 Å². The molecule has 7 heteroatoms. The molecule has 1 spiro atoms. The highest BCUT2D eigenvalue weighted by Crippen LogP contribution is 2.50. The fourth-order valence-corrected chi connectivity index (χ4v) is 5.63. The Bertz CT molecular complexity index is 939. The van der Waals surface area contributed by atoms with Crippen molar-refractivity contribution in [3.05, 3.63) is 45.6 Å². The van der Waals surface area contributed by atoms with Crippen LogP contribution in [-0.2, 0) is 4.79 Å². The van der Waals surface area contributed by atoms with Crippen LogP contribution in [0.25, 0.3) is 0 Å². The molecule has 28 heavy (non-hydrogen) atoms. The van der Waals surface area contributed by atoms with Crippen molar-refractivity contribution in [3.63, 3.8) is 0 Å². The average molecular weight is 417 g/mol. The third kappa shape index (κ3) is 3.49. The smallest absolute Gasteiger partial charge is 0.308 e. The molecule has 2 N–H and O–H groups in total. The van der Waals surface area contributed by atoms with Crippen LogP contribution >= 0.6 is 23.6 Å². The van der Waals surface area contributed by atoms with Gasteiger partial charge in [0.1, 0.15) is 11.5 Å². The molecule has 2 unspecified atom stereocenters. The summed E-state index contributed by atoms with van der Waals surface area (Å²) < 4.78 is 12.0. The molecule has 5 nitrogen and oxygen atoms in total. The van der Waals surface area contributed by atoms with Crippen LogP contribution in [-0.4, -0.2) is 22.3 Å². The van der Waals surface area contributed by atoms with Crippen LogP contribution in [0.4, 0.5) is 0 Å². The van der Waals surface area contributed by atoms with Crippen LogP contribution in [0.1, 0.15) is 55.5 Å². The Morgan fingerprint density at radius 3 is 2.75 bits per heavy atom. The van der Waals surface area contributed by atoms with E-state index in [2.05, 4.69) is 42.0 Å². The molecule has 2 atom stereocenters. The highest BCUT2D eigenvalue weighted by atomic mass is 32.1. The first-order valence-corrected chi connectivity index (χ1v) is 10.6. The summed E-state index contributed by atoms with van der Waals surface area (Å²) in [7, 11) is 0. The summed E-state index contributed by atoms with van der Waals surface area (Å²) >= 11 is 7.24. The highest BCUT2D eigenvalue weighted by molar-refractivity contribution is 7.80. The molecule has 1 fully saturated rings. The maximum absolute atomic E-state index is 11.5. The zero-order chi connectivity index (χ0) is 20.1. The molecule has 0 radical (unpaired) electrons. The number of ether oxygens (including phenoxy) is 2. The third-order valence-electron chi connectivity index (χ3n) is 5.25. The highest BCUT2D eigenvalue weighted by Gasteiger charge is 2.49. The number of hydrogen-bond acceptors (Lipinski definition) is 5. The Hall–Kier alpha value is -2.12. The van der Waals surface area contributed by atoms with Crippen molar-refractivity contribution in [2.75, 3.05) is 0 Å². The quantitative estimate of drug-likeness (QED) is 0.434. The molecule has 3 heterocycles. The van der Waals surface area contributed by atoms with E-state index < -0.39 is 5.72 Å². The first kappa shape index (κ1) is 19.2. The Morgan fingerprint density at radius 2 is 2.11 bits per heavy atom. The minimum absolute atomic E-state index is 0.179. The predicted octanol–water partition coefficient (Wildman–Crippen LogP) is 4.24. The van der Waals surface area contributed by atoms with Crippen molar-refractivity contribution in [3.8, 4) is 11.5 Å². The van der Waals surface area contributed by atoms with Gasteiger partial charge in [0, 0.05) is 47.2 Å². The Labute approximate surface area is 174 Å². The van der Waals surface area contributed by atoms with Crippen LogP contribution in [0.15, 0.2) is 29.6 Å². The normalized spacial score (nSPS) is 25.3. The number of rotatable bonds is 2. The van der Waals surface area contributed by atoms with E-state index in [4.69, 9.17) is 21.7 Å². The Kier molecular flexibility index (Phi) is 4.62. The van der Waals surface area contributed by atoms with Crippen molar-refractivity contribution in [2.24, 2.45) is 0 Å². The molecule has 1 aromatic carbocycles. The molecule has 1 aromatic heterocycles. The van der Waals surface area contributed by atoms with Crippen molar-refractivity contribution < 1.29 is 14.3 Å². The lowest BCUT2D eigenvalue weighted by atomic mass is 9.79. The van der Waals surface area contributed by atoms with E-state index in [9.17, 15) is 4.79 Å². The van der Waals surface area contributed by atoms with E-state index in [-0.39, 0.29) is 17.4 Å². The van der Waals surface area contributed by atoms with E-state index in [1.807, 2.05) is 19.1 Å². The number of carbonyl (C=O) groups excluding carboxylic acids is 1. The molecule has 2 aliphatic rings. The van der Waals surface area contributed by atoms with Gasteiger partial charge in [0.15, 0.2) is 10.8 Å². The second kappa shape index (κ2) is 6.74. The number of esters is 1. The lowest BCUT2D eigenvalue weighted by molar-refractivity contribution is -0.131. The summed E-state index contributed by atoms with van der Waals surface area (Å²) in [6.07, 6.45) is 1.52. The largest absolute Gasteiger partial charge is 0.467 e. The van der Waals surface area contributed by atoms with Crippen molar-refractivity contribution in [2.45, 2.75) is 57.7 Å². The molecule has 1 saturated heterocycles. The van der Waals surface area contributed by atoms with Gasteiger partial charge in [-0.25, -0.2) is 0 Å². The molecule has 148 valence electrons. The first-order chi connectivity index (χ1) is 13.2. The molecule has 0 bridgehead atoms. The van der Waals surface area contributed by atoms with Gasteiger partial charge < -0.3 is 20.1 Å². The number of thiocarbonyl (C=S) groups is 1. The summed E-state index contributed by atoms with van der Waals surface area (Å²) in [5, 5.41) is 9.42. The fraction of sp³-hybridized carbons (Fsp3) is 0.429. The van der Waals surface area contributed by atoms with E-state index in [0.717, 1.165) is 29.7 Å². The summed E-state index contributed by atoms with van der Waals surface area (Å²) in [5.41, 5.74) is 1.14. The number of fused-ring (bicyclic) bond motifs is 1. The lowest BCUT2D eigenvalue weighted by Crippen LogP contribution is -2.69. The van der Waals surface area contributed by atoms with Gasteiger partial charge in [0.2, 0.25) is 0 Å². The van der Waals surface area contributed by atoms with Gasteiger partial charge in [0.05, 0.1) is 0 Å². The van der Waals surface area contributed by atoms with Gasteiger partial charge >= 0.3 is 5.97 Å². The van der Waals surface area contributed by atoms with Crippen LogP contribution in [0, 0.1) is 6.92 Å². The number of nitrogens with one attached hydrogen (secondary N) is 2. The topological polar surface area (TPSA) is 59.6 Å². The van der Waals surface area contributed by atoms with Crippen LogP contribution in [0.3, 0.4) is 0 Å². The summed E-state index contributed by atoms with van der Waals surface area (Å²) in [4.78, 5) is 12.8. The molecule has 0 amide bonds. The maximum atomic E-state index is 11.5. The van der Waals surface area contributed by atoms with Gasteiger partial charge in [0.25, 0.3) is 0 Å². The Morgan fingerprint density at radius 1 is 1.32 bits per heavy atom. The number of hydrogen-bond donors (Lipinski definition) is 2. The lowest BCUT2D eigenvalue weighted by Gasteiger charge is -2.50. The number of benzene rings is 1. The summed E-state index contributed by atoms with van der Waals surface area (Å²) in [6, 6.07) is 8.12. The van der Waals surface area contributed by atoms with E-state index >= 15 is 0 Å². The molecule has 0 saturated carbocycles. The molecule has 2 aromatic rings. The first-order valence-electron chi connectivity index (χ1n) is 9.33. The molecular formula is C21H24N2O3S2. The molecule has 2 aliphatic heterocycles. The minimum atomic E-state index is -0.618. The summed E-state index contributed by atoms with van der Waals surface area (Å²) in [6.45, 7) is 7.60. The fourth-order valence-electron chi connectivity index (χ4n) is 4.32. The SMILES string of the molecule is CC(=O)Oc1ccc2c(c1C)OC1(CC2c2cccs2)CC(C)(C)NC(=S)N1. The second-order valence-electron chi connectivity index (χ2n) is 8.21. The molecular weight excluding hydrogens is 392 g/mol. The monoisotopic (exact) mass is 416 g/mol. The van der Waals surface area contributed by atoms with Crippen molar-refractivity contribution in [1.82, 2.24) is 10.6 Å². The van der Waals surface area contributed by atoms with Crippen LogP contribution in [0.5, 0.6) is 11.5 Å². The molecule has 0 aliphatic carbocycles. The van der Waals surface area contributed by atoms with Crippen molar-refractivity contribution >= 4 is 34.6 Å².